The minimum atomic E-state index is -0.729. The van der Waals surface area contributed by atoms with Crippen molar-refractivity contribution in [1.29, 1.82) is 0 Å². The molecule has 1 amide bonds. The lowest BCUT2D eigenvalue weighted by Crippen LogP contribution is -2.25. The molecule has 2 nitrogen and oxygen atoms in total. The third-order valence-corrected chi connectivity index (χ3v) is 1.81. The first-order valence-corrected chi connectivity index (χ1v) is 4.49. The molecule has 0 bridgehead atoms. The van der Waals surface area contributed by atoms with Gasteiger partial charge in [-0.25, -0.2) is 8.78 Å². The Morgan fingerprint density at radius 2 is 2.20 bits per heavy atom. The third kappa shape index (κ3) is 3.16. The number of rotatable bonds is 4. The van der Waals surface area contributed by atoms with Gasteiger partial charge in [0.1, 0.15) is 11.6 Å². The monoisotopic (exact) mass is 211 g/mol. The van der Waals surface area contributed by atoms with Crippen molar-refractivity contribution in [2.24, 2.45) is 0 Å². The van der Waals surface area contributed by atoms with Gasteiger partial charge < -0.3 is 5.32 Å². The number of nitrogens with one attached hydrogen (secondary N) is 1. The van der Waals surface area contributed by atoms with E-state index in [1.807, 2.05) is 0 Å². The van der Waals surface area contributed by atoms with Gasteiger partial charge >= 0.3 is 0 Å². The Bertz CT molecular complexity index is 377. The molecule has 0 fully saturated rings. The second kappa shape index (κ2) is 5.24. The number of hydrogen-bond donors (Lipinski definition) is 1. The fourth-order valence-corrected chi connectivity index (χ4v) is 1.05. The van der Waals surface area contributed by atoms with Crippen molar-refractivity contribution >= 4 is 5.91 Å². The average Bonchev–Trinajstić information content (AvgIpc) is 2.22. The molecule has 0 atom stereocenters. The summed E-state index contributed by atoms with van der Waals surface area (Å²) in [7, 11) is 0. The summed E-state index contributed by atoms with van der Waals surface area (Å²) < 4.78 is 25.8. The lowest BCUT2D eigenvalue weighted by Gasteiger charge is -2.04. The van der Waals surface area contributed by atoms with Crippen LogP contribution in [0.1, 0.15) is 16.8 Å². The summed E-state index contributed by atoms with van der Waals surface area (Å²) >= 11 is 0. The Kier molecular flexibility index (Phi) is 3.97. The van der Waals surface area contributed by atoms with E-state index < -0.39 is 17.5 Å². The predicted octanol–water partition coefficient (Wildman–Crippen LogP) is 2.27. The van der Waals surface area contributed by atoms with Gasteiger partial charge in [0.15, 0.2) is 0 Å². The zero-order valence-electron chi connectivity index (χ0n) is 8.09. The summed E-state index contributed by atoms with van der Waals surface area (Å²) in [6.07, 6.45) is 2.21. The number of benzene rings is 1. The summed E-state index contributed by atoms with van der Waals surface area (Å²) in [4.78, 5) is 11.3. The van der Waals surface area contributed by atoms with Crippen molar-refractivity contribution < 1.29 is 13.6 Å². The number of carbonyl (C=O) groups is 1. The summed E-state index contributed by atoms with van der Waals surface area (Å²) in [5.74, 6) is -1.98. The van der Waals surface area contributed by atoms with E-state index >= 15 is 0 Å². The van der Waals surface area contributed by atoms with Gasteiger partial charge in [-0.15, -0.1) is 6.58 Å². The van der Waals surface area contributed by atoms with Gasteiger partial charge in [-0.3, -0.25) is 4.79 Å². The van der Waals surface area contributed by atoms with Crippen LogP contribution in [0.5, 0.6) is 0 Å². The van der Waals surface area contributed by atoms with Crippen LogP contribution in [0.3, 0.4) is 0 Å². The van der Waals surface area contributed by atoms with Crippen LogP contribution >= 0.6 is 0 Å². The number of amides is 1. The zero-order valence-corrected chi connectivity index (χ0v) is 8.09. The molecule has 1 N–H and O–H groups in total. The smallest absolute Gasteiger partial charge is 0.254 e. The molecule has 0 spiro atoms. The molecular formula is C11H11F2NO. The Morgan fingerprint density at radius 1 is 1.47 bits per heavy atom. The molecule has 0 aliphatic rings. The van der Waals surface area contributed by atoms with Gasteiger partial charge in [-0.2, -0.15) is 0 Å². The molecule has 0 heterocycles. The van der Waals surface area contributed by atoms with E-state index in [-0.39, 0.29) is 5.56 Å². The molecule has 15 heavy (non-hydrogen) atoms. The van der Waals surface area contributed by atoms with Crippen molar-refractivity contribution in [2.75, 3.05) is 6.54 Å². The Hall–Kier alpha value is -1.71. The Balaban J connectivity index is 2.72. The number of carbonyl (C=O) groups excluding carboxylic acids is 1. The standard InChI is InChI=1S/C11H11F2NO/c1-2-3-6-14-11(15)9-7-8(12)4-5-10(9)13/h2,4-5,7H,1,3,6H2,(H,14,15). The molecule has 80 valence electrons. The molecule has 4 heteroatoms. The van der Waals surface area contributed by atoms with E-state index in [2.05, 4.69) is 11.9 Å². The summed E-state index contributed by atoms with van der Waals surface area (Å²) in [5.41, 5.74) is -0.279. The fraction of sp³-hybridized carbons (Fsp3) is 0.182. The fourth-order valence-electron chi connectivity index (χ4n) is 1.05. The molecule has 1 rings (SSSR count). The molecule has 1 aromatic carbocycles. The van der Waals surface area contributed by atoms with Crippen LogP contribution in [0.4, 0.5) is 8.78 Å². The highest BCUT2D eigenvalue weighted by Crippen LogP contribution is 2.09. The summed E-state index contributed by atoms with van der Waals surface area (Å²) in [5, 5.41) is 2.45. The van der Waals surface area contributed by atoms with Crippen LogP contribution in [-0.2, 0) is 0 Å². The highest BCUT2D eigenvalue weighted by Gasteiger charge is 2.11. The first kappa shape index (κ1) is 11.4. The molecule has 1 aromatic rings. The van der Waals surface area contributed by atoms with Gasteiger partial charge in [-0.05, 0) is 24.6 Å². The van der Waals surface area contributed by atoms with Crippen molar-refractivity contribution in [3.05, 3.63) is 48.1 Å². The van der Waals surface area contributed by atoms with E-state index in [0.29, 0.717) is 13.0 Å². The topological polar surface area (TPSA) is 29.1 Å². The van der Waals surface area contributed by atoms with Crippen molar-refractivity contribution in [3.63, 3.8) is 0 Å². The van der Waals surface area contributed by atoms with E-state index in [4.69, 9.17) is 0 Å². The molecule has 0 saturated heterocycles. The van der Waals surface area contributed by atoms with Gasteiger partial charge in [0.2, 0.25) is 0 Å². The molecule has 0 aliphatic heterocycles. The zero-order chi connectivity index (χ0) is 11.3. The Labute approximate surface area is 86.6 Å². The van der Waals surface area contributed by atoms with Crippen molar-refractivity contribution in [2.45, 2.75) is 6.42 Å². The minimum Gasteiger partial charge on any atom is -0.352 e. The lowest BCUT2D eigenvalue weighted by atomic mass is 10.2. The predicted molar refractivity (Wildman–Crippen MR) is 53.5 cm³/mol. The van der Waals surface area contributed by atoms with E-state index in [0.717, 1.165) is 18.2 Å². The molecule has 0 saturated carbocycles. The second-order valence-electron chi connectivity index (χ2n) is 2.96. The maximum absolute atomic E-state index is 13.1. The maximum atomic E-state index is 13.1. The number of hydrogen-bond acceptors (Lipinski definition) is 1. The van der Waals surface area contributed by atoms with Crippen LogP contribution in [0, 0.1) is 11.6 Å². The van der Waals surface area contributed by atoms with Crippen LogP contribution in [0.15, 0.2) is 30.9 Å². The van der Waals surface area contributed by atoms with E-state index in [9.17, 15) is 13.6 Å². The normalized spacial score (nSPS) is 9.73. The molecule has 0 aromatic heterocycles. The van der Waals surface area contributed by atoms with Gasteiger partial charge in [0.25, 0.3) is 5.91 Å². The average molecular weight is 211 g/mol. The quantitative estimate of drug-likeness (QED) is 0.600. The molecule has 0 radical (unpaired) electrons. The van der Waals surface area contributed by atoms with Crippen LogP contribution in [0.25, 0.3) is 0 Å². The molecule has 0 aliphatic carbocycles. The first-order valence-electron chi connectivity index (χ1n) is 4.49. The summed E-state index contributed by atoms with van der Waals surface area (Å²) in [6.45, 7) is 3.84. The maximum Gasteiger partial charge on any atom is 0.254 e. The van der Waals surface area contributed by atoms with Crippen molar-refractivity contribution in [3.8, 4) is 0 Å². The third-order valence-electron chi connectivity index (χ3n) is 1.81. The molecular weight excluding hydrogens is 200 g/mol. The highest BCUT2D eigenvalue weighted by molar-refractivity contribution is 5.94. The SMILES string of the molecule is C=CCCNC(=O)c1cc(F)ccc1F. The first-order chi connectivity index (χ1) is 7.15. The van der Waals surface area contributed by atoms with E-state index in [1.54, 1.807) is 6.08 Å². The van der Waals surface area contributed by atoms with Gasteiger partial charge in [0, 0.05) is 6.54 Å². The number of halogens is 2. The highest BCUT2D eigenvalue weighted by atomic mass is 19.1. The van der Waals surface area contributed by atoms with Gasteiger partial charge in [0.05, 0.1) is 5.56 Å². The second-order valence-corrected chi connectivity index (χ2v) is 2.96. The summed E-state index contributed by atoms with van der Waals surface area (Å²) in [6, 6.07) is 2.77. The van der Waals surface area contributed by atoms with E-state index in [1.165, 1.54) is 0 Å². The minimum absolute atomic E-state index is 0.279. The molecule has 0 unspecified atom stereocenters. The van der Waals surface area contributed by atoms with Gasteiger partial charge in [-0.1, -0.05) is 6.08 Å². The van der Waals surface area contributed by atoms with Crippen LogP contribution in [0.2, 0.25) is 0 Å². The van der Waals surface area contributed by atoms with Crippen LogP contribution < -0.4 is 5.32 Å². The van der Waals surface area contributed by atoms with Crippen LogP contribution in [-0.4, -0.2) is 12.5 Å². The largest absolute Gasteiger partial charge is 0.352 e. The Morgan fingerprint density at radius 3 is 2.87 bits per heavy atom. The van der Waals surface area contributed by atoms with Crippen molar-refractivity contribution in [1.82, 2.24) is 5.32 Å². The lowest BCUT2D eigenvalue weighted by molar-refractivity contribution is 0.0950.